The Morgan fingerprint density at radius 3 is 1.82 bits per heavy atom. The predicted molar refractivity (Wildman–Crippen MR) is 98.0 cm³/mol. The predicted octanol–water partition coefficient (Wildman–Crippen LogP) is -0.918. The average molecular weight is 396 g/mol. The van der Waals surface area contributed by atoms with E-state index in [0.29, 0.717) is 38.8 Å². The molecule has 0 aromatic carbocycles. The number of nitrogens with one attached hydrogen (secondary N) is 2. The highest BCUT2D eigenvalue weighted by molar-refractivity contribution is 5.95. The standard InChI is InChI=1S/C18H28N4O6/c1-10(19-12(3)23)16(25)21-8-4-6-13(21)15(24)20-11(2)17(26)22-9-5-7-14(22)18(27)28/h10-11,13-14H,4-9H2,1-3H3,(H,19,23)(H,20,24)(H,27,28)/t10-,11-,13-,14-/m0/s1. The van der Waals surface area contributed by atoms with Gasteiger partial charge in [-0.25, -0.2) is 4.79 Å². The highest BCUT2D eigenvalue weighted by Gasteiger charge is 2.39. The van der Waals surface area contributed by atoms with Gasteiger partial charge in [0.05, 0.1) is 0 Å². The van der Waals surface area contributed by atoms with Crippen LogP contribution in [0.25, 0.3) is 0 Å². The second-order valence-electron chi connectivity index (χ2n) is 7.37. The minimum Gasteiger partial charge on any atom is -0.480 e. The van der Waals surface area contributed by atoms with Crippen molar-refractivity contribution >= 4 is 29.6 Å². The van der Waals surface area contributed by atoms with Gasteiger partial charge in [-0.2, -0.15) is 0 Å². The van der Waals surface area contributed by atoms with Gasteiger partial charge in [0.15, 0.2) is 0 Å². The molecular formula is C18H28N4O6. The first-order valence-corrected chi connectivity index (χ1v) is 9.54. The summed E-state index contributed by atoms with van der Waals surface area (Å²) in [6.07, 6.45) is 2.11. The molecule has 0 bridgehead atoms. The molecular weight excluding hydrogens is 368 g/mol. The lowest BCUT2D eigenvalue weighted by Crippen LogP contribution is -2.56. The maximum atomic E-state index is 12.7. The SMILES string of the molecule is CC(=O)N[C@@H](C)C(=O)N1CCC[C@H]1C(=O)N[C@@H](C)C(=O)N1CCC[C@H]1C(=O)O. The monoisotopic (exact) mass is 396 g/mol. The molecule has 10 heteroatoms. The Balaban J connectivity index is 1.98. The van der Waals surface area contributed by atoms with Crippen LogP contribution in [0.1, 0.15) is 46.5 Å². The zero-order valence-corrected chi connectivity index (χ0v) is 16.4. The van der Waals surface area contributed by atoms with Gasteiger partial charge in [-0.15, -0.1) is 0 Å². The molecule has 2 rings (SSSR count). The number of carbonyl (C=O) groups excluding carboxylic acids is 4. The van der Waals surface area contributed by atoms with Crippen LogP contribution in [0.3, 0.4) is 0 Å². The van der Waals surface area contributed by atoms with E-state index < -0.39 is 42.0 Å². The number of carboxylic acids is 1. The highest BCUT2D eigenvalue weighted by atomic mass is 16.4. The second-order valence-corrected chi connectivity index (χ2v) is 7.37. The van der Waals surface area contributed by atoms with Gasteiger partial charge in [-0.1, -0.05) is 0 Å². The Kier molecular flexibility index (Phi) is 6.98. The van der Waals surface area contributed by atoms with E-state index in [9.17, 15) is 29.1 Å². The summed E-state index contributed by atoms with van der Waals surface area (Å²) in [6, 6.07) is -3.22. The van der Waals surface area contributed by atoms with Crippen LogP contribution in [0.4, 0.5) is 0 Å². The van der Waals surface area contributed by atoms with E-state index >= 15 is 0 Å². The molecule has 2 heterocycles. The normalized spacial score (nSPS) is 23.8. The number of nitrogens with zero attached hydrogens (tertiary/aromatic N) is 2. The summed E-state index contributed by atoms with van der Waals surface area (Å²) in [6.45, 7) is 5.13. The van der Waals surface area contributed by atoms with Crippen LogP contribution in [0, 0.1) is 0 Å². The van der Waals surface area contributed by atoms with Crippen LogP contribution in [0.5, 0.6) is 0 Å². The molecule has 4 amide bonds. The van der Waals surface area contributed by atoms with Crippen molar-refractivity contribution in [3.05, 3.63) is 0 Å². The Labute approximate surface area is 163 Å². The summed E-state index contributed by atoms with van der Waals surface area (Å²) in [7, 11) is 0. The number of hydrogen-bond acceptors (Lipinski definition) is 5. The maximum Gasteiger partial charge on any atom is 0.326 e. The van der Waals surface area contributed by atoms with Crippen LogP contribution >= 0.6 is 0 Å². The number of aliphatic carboxylic acids is 1. The van der Waals surface area contributed by atoms with Crippen LogP contribution < -0.4 is 10.6 Å². The Hall–Kier alpha value is -2.65. The van der Waals surface area contributed by atoms with E-state index in [1.165, 1.54) is 23.6 Å². The highest BCUT2D eigenvalue weighted by Crippen LogP contribution is 2.20. The molecule has 0 aliphatic carbocycles. The minimum atomic E-state index is -1.05. The molecule has 0 saturated carbocycles. The molecule has 10 nitrogen and oxygen atoms in total. The van der Waals surface area contributed by atoms with Gasteiger partial charge in [0.25, 0.3) is 0 Å². The third-order valence-corrected chi connectivity index (χ3v) is 5.18. The molecule has 0 spiro atoms. The molecule has 2 saturated heterocycles. The maximum absolute atomic E-state index is 12.7. The lowest BCUT2D eigenvalue weighted by atomic mass is 10.1. The van der Waals surface area contributed by atoms with Crippen molar-refractivity contribution in [2.75, 3.05) is 13.1 Å². The van der Waals surface area contributed by atoms with Crippen molar-refractivity contribution in [3.8, 4) is 0 Å². The molecule has 2 aliphatic rings. The van der Waals surface area contributed by atoms with Crippen molar-refractivity contribution < 1.29 is 29.1 Å². The molecule has 0 aromatic rings. The molecule has 3 N–H and O–H groups in total. The summed E-state index contributed by atoms with van der Waals surface area (Å²) in [5.41, 5.74) is 0. The largest absolute Gasteiger partial charge is 0.480 e. The van der Waals surface area contributed by atoms with E-state index in [-0.39, 0.29) is 11.8 Å². The Morgan fingerprint density at radius 2 is 1.32 bits per heavy atom. The van der Waals surface area contributed by atoms with Crippen LogP contribution in [-0.2, 0) is 24.0 Å². The van der Waals surface area contributed by atoms with Crippen LogP contribution in [0.2, 0.25) is 0 Å². The van der Waals surface area contributed by atoms with Gasteiger partial charge in [0, 0.05) is 20.0 Å². The Morgan fingerprint density at radius 1 is 0.857 bits per heavy atom. The number of likely N-dealkylation sites (tertiary alicyclic amines) is 2. The van der Waals surface area contributed by atoms with E-state index in [1.54, 1.807) is 6.92 Å². The first kappa shape index (κ1) is 21.6. The molecule has 2 fully saturated rings. The smallest absolute Gasteiger partial charge is 0.326 e. The summed E-state index contributed by atoms with van der Waals surface area (Å²) in [4.78, 5) is 62.9. The van der Waals surface area contributed by atoms with Crippen molar-refractivity contribution in [1.82, 2.24) is 20.4 Å². The van der Waals surface area contributed by atoms with E-state index in [4.69, 9.17) is 0 Å². The molecule has 156 valence electrons. The summed E-state index contributed by atoms with van der Waals surface area (Å²) < 4.78 is 0. The molecule has 0 aromatic heterocycles. The fourth-order valence-electron chi connectivity index (χ4n) is 3.83. The first-order valence-electron chi connectivity index (χ1n) is 9.54. The molecule has 2 aliphatic heterocycles. The van der Waals surface area contributed by atoms with Gasteiger partial charge in [-0.3, -0.25) is 19.2 Å². The van der Waals surface area contributed by atoms with Crippen LogP contribution in [0.15, 0.2) is 0 Å². The zero-order valence-electron chi connectivity index (χ0n) is 16.4. The fourth-order valence-corrected chi connectivity index (χ4v) is 3.83. The average Bonchev–Trinajstić information content (AvgIpc) is 3.28. The van der Waals surface area contributed by atoms with Crippen LogP contribution in [-0.4, -0.2) is 81.8 Å². The topological polar surface area (TPSA) is 136 Å². The number of amides is 4. The quantitative estimate of drug-likeness (QED) is 0.531. The van der Waals surface area contributed by atoms with E-state index in [0.717, 1.165) is 0 Å². The van der Waals surface area contributed by atoms with E-state index in [1.807, 2.05) is 0 Å². The van der Waals surface area contributed by atoms with Crippen molar-refractivity contribution in [1.29, 1.82) is 0 Å². The summed E-state index contributed by atoms with van der Waals surface area (Å²) in [5, 5.41) is 14.4. The molecule has 28 heavy (non-hydrogen) atoms. The molecule has 4 atom stereocenters. The lowest BCUT2D eigenvalue weighted by Gasteiger charge is -2.29. The van der Waals surface area contributed by atoms with Crippen molar-refractivity contribution in [2.45, 2.75) is 70.6 Å². The van der Waals surface area contributed by atoms with Crippen molar-refractivity contribution in [2.24, 2.45) is 0 Å². The number of hydrogen-bond donors (Lipinski definition) is 3. The van der Waals surface area contributed by atoms with E-state index in [2.05, 4.69) is 10.6 Å². The molecule has 0 radical (unpaired) electrons. The third-order valence-electron chi connectivity index (χ3n) is 5.18. The van der Waals surface area contributed by atoms with Gasteiger partial charge >= 0.3 is 5.97 Å². The molecule has 0 unspecified atom stereocenters. The third kappa shape index (κ3) is 4.79. The summed E-state index contributed by atoms with van der Waals surface area (Å²) in [5.74, 6) is -2.63. The van der Waals surface area contributed by atoms with Gasteiger partial charge in [0.2, 0.25) is 23.6 Å². The first-order chi connectivity index (χ1) is 13.1. The van der Waals surface area contributed by atoms with Crippen molar-refractivity contribution in [3.63, 3.8) is 0 Å². The number of carbonyl (C=O) groups is 5. The van der Waals surface area contributed by atoms with Gasteiger partial charge in [-0.05, 0) is 39.5 Å². The number of rotatable bonds is 6. The summed E-state index contributed by atoms with van der Waals surface area (Å²) >= 11 is 0. The van der Waals surface area contributed by atoms with Gasteiger partial charge < -0.3 is 25.5 Å². The van der Waals surface area contributed by atoms with Gasteiger partial charge in [0.1, 0.15) is 24.2 Å². The minimum absolute atomic E-state index is 0.334. The second kappa shape index (κ2) is 9.03. The zero-order chi connectivity index (χ0) is 21.0. The fraction of sp³-hybridized carbons (Fsp3) is 0.722. The lowest BCUT2D eigenvalue weighted by molar-refractivity contribution is -0.149. The number of carboxylic acid groups (broad SMARTS) is 1. The Bertz CT molecular complexity index is 666.